The van der Waals surface area contributed by atoms with Crippen LogP contribution in [-0.4, -0.2) is 30.6 Å². The molecular formula is C18H16N2O4S2. The number of nitrogens with zero attached hydrogens (tertiary/aromatic N) is 1. The number of hydrogen-bond donors (Lipinski definition) is 1. The van der Waals surface area contributed by atoms with Crippen LogP contribution in [0.5, 0.6) is 5.75 Å². The summed E-state index contributed by atoms with van der Waals surface area (Å²) in [6.45, 7) is -0.362. The van der Waals surface area contributed by atoms with Gasteiger partial charge in [-0.15, -0.1) is 22.7 Å². The van der Waals surface area contributed by atoms with Gasteiger partial charge in [0, 0.05) is 5.38 Å². The van der Waals surface area contributed by atoms with Gasteiger partial charge < -0.3 is 14.8 Å². The normalized spacial score (nSPS) is 10.3. The molecule has 3 aromatic rings. The summed E-state index contributed by atoms with van der Waals surface area (Å²) in [5.41, 5.74) is 1.16. The molecule has 0 bridgehead atoms. The van der Waals surface area contributed by atoms with Crippen molar-refractivity contribution in [3.8, 4) is 15.6 Å². The molecule has 0 unspecified atom stereocenters. The van der Waals surface area contributed by atoms with Gasteiger partial charge >= 0.3 is 5.97 Å². The second-order valence-corrected chi connectivity index (χ2v) is 7.01. The Labute approximate surface area is 158 Å². The fraction of sp³-hybridized carbons (Fsp3) is 0.167. The third-order valence-corrected chi connectivity index (χ3v) is 5.28. The van der Waals surface area contributed by atoms with E-state index in [0.29, 0.717) is 17.1 Å². The Kier molecular flexibility index (Phi) is 5.98. The molecule has 0 radical (unpaired) electrons. The number of nitrogens with one attached hydrogen (secondary N) is 1. The molecule has 0 spiro atoms. The highest BCUT2D eigenvalue weighted by Gasteiger charge is 2.13. The van der Waals surface area contributed by atoms with Gasteiger partial charge in [0.25, 0.3) is 5.91 Å². The molecule has 1 aromatic carbocycles. The third-order valence-electron chi connectivity index (χ3n) is 3.35. The molecule has 1 N–H and O–H groups in total. The van der Waals surface area contributed by atoms with Crippen molar-refractivity contribution >= 4 is 40.2 Å². The van der Waals surface area contributed by atoms with Crippen LogP contribution in [0.1, 0.15) is 5.69 Å². The van der Waals surface area contributed by atoms with E-state index in [1.54, 1.807) is 35.6 Å². The number of esters is 1. The number of anilines is 1. The quantitative estimate of drug-likeness (QED) is 0.626. The van der Waals surface area contributed by atoms with Crippen molar-refractivity contribution in [3.63, 3.8) is 0 Å². The van der Waals surface area contributed by atoms with Crippen molar-refractivity contribution in [2.75, 3.05) is 19.0 Å². The lowest BCUT2D eigenvalue weighted by molar-refractivity contribution is -0.146. The molecule has 0 aliphatic heterocycles. The van der Waals surface area contributed by atoms with Crippen LogP contribution >= 0.6 is 22.7 Å². The number of aromatic nitrogens is 1. The standard InChI is InChI=1S/C18H16N2O4S2/c1-23-14-6-3-2-5-13(14)20-16(21)10-24-17(22)9-12-11-26-18(19-12)15-7-4-8-25-15/h2-8,11H,9-10H2,1H3,(H,20,21). The van der Waals surface area contributed by atoms with Crippen LogP contribution in [0.4, 0.5) is 5.69 Å². The Hall–Kier alpha value is -2.71. The zero-order valence-corrected chi connectivity index (χ0v) is 15.6. The Morgan fingerprint density at radius 2 is 2.00 bits per heavy atom. The molecule has 0 fully saturated rings. The molecule has 0 saturated carbocycles. The fourth-order valence-corrected chi connectivity index (χ4v) is 3.81. The molecule has 8 heteroatoms. The zero-order valence-electron chi connectivity index (χ0n) is 13.9. The van der Waals surface area contributed by atoms with Crippen molar-refractivity contribution in [3.05, 3.63) is 52.9 Å². The van der Waals surface area contributed by atoms with E-state index in [-0.39, 0.29) is 13.0 Å². The Morgan fingerprint density at radius 1 is 1.15 bits per heavy atom. The minimum absolute atomic E-state index is 0.0316. The van der Waals surface area contributed by atoms with Gasteiger partial charge in [0.1, 0.15) is 10.8 Å². The summed E-state index contributed by atoms with van der Waals surface area (Å²) < 4.78 is 10.2. The summed E-state index contributed by atoms with van der Waals surface area (Å²) >= 11 is 3.07. The molecule has 0 aliphatic rings. The van der Waals surface area contributed by atoms with E-state index in [4.69, 9.17) is 9.47 Å². The van der Waals surface area contributed by atoms with E-state index >= 15 is 0 Å². The van der Waals surface area contributed by atoms with Gasteiger partial charge in [-0.25, -0.2) is 4.98 Å². The molecule has 1 amide bonds. The Morgan fingerprint density at radius 3 is 2.77 bits per heavy atom. The van der Waals surface area contributed by atoms with Gasteiger partial charge in [0.2, 0.25) is 0 Å². The van der Waals surface area contributed by atoms with Gasteiger partial charge in [-0.1, -0.05) is 18.2 Å². The van der Waals surface area contributed by atoms with E-state index < -0.39 is 11.9 Å². The van der Waals surface area contributed by atoms with Gasteiger partial charge in [0.15, 0.2) is 6.61 Å². The maximum Gasteiger partial charge on any atom is 0.312 e. The highest BCUT2D eigenvalue weighted by molar-refractivity contribution is 7.20. The number of carbonyl (C=O) groups is 2. The molecular weight excluding hydrogens is 372 g/mol. The SMILES string of the molecule is COc1ccccc1NC(=O)COC(=O)Cc1csc(-c2cccs2)n1. The Balaban J connectivity index is 1.49. The molecule has 0 atom stereocenters. The van der Waals surface area contributed by atoms with Crippen LogP contribution in [0.2, 0.25) is 0 Å². The average Bonchev–Trinajstić information content (AvgIpc) is 3.32. The molecule has 3 rings (SSSR count). The van der Waals surface area contributed by atoms with Gasteiger partial charge in [0.05, 0.1) is 29.8 Å². The summed E-state index contributed by atoms with van der Waals surface area (Å²) in [7, 11) is 1.52. The minimum atomic E-state index is -0.497. The lowest BCUT2D eigenvalue weighted by atomic mass is 10.3. The van der Waals surface area contributed by atoms with Crippen LogP contribution < -0.4 is 10.1 Å². The lowest BCUT2D eigenvalue weighted by Gasteiger charge is -2.09. The highest BCUT2D eigenvalue weighted by atomic mass is 32.1. The summed E-state index contributed by atoms with van der Waals surface area (Å²) in [5, 5.41) is 7.32. The predicted octanol–water partition coefficient (Wildman–Crippen LogP) is 3.60. The number of thiazole rings is 1. The van der Waals surface area contributed by atoms with Crippen molar-refractivity contribution in [2.45, 2.75) is 6.42 Å². The maximum absolute atomic E-state index is 11.9. The van der Waals surface area contributed by atoms with Crippen molar-refractivity contribution < 1.29 is 19.1 Å². The van der Waals surface area contributed by atoms with E-state index in [1.807, 2.05) is 22.9 Å². The smallest absolute Gasteiger partial charge is 0.312 e. The van der Waals surface area contributed by atoms with E-state index in [9.17, 15) is 9.59 Å². The predicted molar refractivity (Wildman–Crippen MR) is 102 cm³/mol. The van der Waals surface area contributed by atoms with Crippen LogP contribution in [-0.2, 0) is 20.7 Å². The summed E-state index contributed by atoms with van der Waals surface area (Å²) in [4.78, 5) is 29.4. The Bertz CT molecular complexity index is 890. The second kappa shape index (κ2) is 8.59. The highest BCUT2D eigenvalue weighted by Crippen LogP contribution is 2.28. The van der Waals surface area contributed by atoms with Crippen LogP contribution in [0.25, 0.3) is 9.88 Å². The van der Waals surface area contributed by atoms with Crippen molar-refractivity contribution in [1.29, 1.82) is 0 Å². The molecule has 26 heavy (non-hydrogen) atoms. The first kappa shape index (κ1) is 18.1. The number of hydrogen-bond acceptors (Lipinski definition) is 7. The third kappa shape index (κ3) is 4.68. The number of ether oxygens (including phenoxy) is 2. The van der Waals surface area contributed by atoms with Gasteiger partial charge in [-0.3, -0.25) is 9.59 Å². The number of methoxy groups -OCH3 is 1. The lowest BCUT2D eigenvalue weighted by Crippen LogP contribution is -2.22. The van der Waals surface area contributed by atoms with Gasteiger partial charge in [-0.2, -0.15) is 0 Å². The van der Waals surface area contributed by atoms with E-state index in [1.165, 1.54) is 18.4 Å². The van der Waals surface area contributed by atoms with Crippen LogP contribution in [0, 0.1) is 0 Å². The number of para-hydroxylation sites is 2. The van der Waals surface area contributed by atoms with Gasteiger partial charge in [-0.05, 0) is 23.6 Å². The number of rotatable bonds is 7. The maximum atomic E-state index is 11.9. The average molecular weight is 388 g/mol. The van der Waals surface area contributed by atoms with Crippen LogP contribution in [0.15, 0.2) is 47.2 Å². The molecule has 134 valence electrons. The second-order valence-electron chi connectivity index (χ2n) is 5.21. The first-order chi connectivity index (χ1) is 12.7. The molecule has 2 aromatic heterocycles. The monoisotopic (exact) mass is 388 g/mol. The summed E-state index contributed by atoms with van der Waals surface area (Å²) in [6, 6.07) is 10.9. The number of benzene rings is 1. The molecule has 6 nitrogen and oxygen atoms in total. The molecule has 0 saturated heterocycles. The minimum Gasteiger partial charge on any atom is -0.495 e. The summed E-state index contributed by atoms with van der Waals surface area (Å²) in [5.74, 6) is -0.389. The number of thiophene rings is 1. The first-order valence-corrected chi connectivity index (χ1v) is 9.48. The fourth-order valence-electron chi connectivity index (χ4n) is 2.18. The molecule has 0 aliphatic carbocycles. The van der Waals surface area contributed by atoms with Crippen molar-refractivity contribution in [2.24, 2.45) is 0 Å². The van der Waals surface area contributed by atoms with E-state index in [0.717, 1.165) is 9.88 Å². The number of amides is 1. The van der Waals surface area contributed by atoms with Crippen molar-refractivity contribution in [1.82, 2.24) is 4.98 Å². The van der Waals surface area contributed by atoms with E-state index in [2.05, 4.69) is 10.3 Å². The van der Waals surface area contributed by atoms with Crippen LogP contribution in [0.3, 0.4) is 0 Å². The largest absolute Gasteiger partial charge is 0.495 e. The summed E-state index contributed by atoms with van der Waals surface area (Å²) in [6.07, 6.45) is 0.0316. The molecule has 2 heterocycles. The number of carbonyl (C=O) groups excluding carboxylic acids is 2. The topological polar surface area (TPSA) is 77.5 Å². The first-order valence-electron chi connectivity index (χ1n) is 7.72. The zero-order chi connectivity index (χ0) is 18.4.